The summed E-state index contributed by atoms with van der Waals surface area (Å²) in [4.78, 5) is 0. The van der Waals surface area contributed by atoms with Crippen molar-refractivity contribution in [2.45, 2.75) is 43.7 Å². The van der Waals surface area contributed by atoms with E-state index in [9.17, 15) is 5.26 Å². The molecule has 0 aliphatic heterocycles. The Morgan fingerprint density at radius 2 is 2.11 bits per heavy atom. The fourth-order valence-electron chi connectivity index (χ4n) is 2.87. The first-order valence-electron chi connectivity index (χ1n) is 6.96. The van der Waals surface area contributed by atoms with Gasteiger partial charge < -0.3 is 10.1 Å². The molecule has 0 saturated heterocycles. The number of hydrogen-bond donors (Lipinski definition) is 1. The van der Waals surface area contributed by atoms with Crippen LogP contribution >= 0.6 is 0 Å². The minimum Gasteiger partial charge on any atom is -0.383 e. The second-order valence-electron chi connectivity index (χ2n) is 5.39. The number of methoxy groups -OCH3 is 1. The summed E-state index contributed by atoms with van der Waals surface area (Å²) >= 11 is 0. The summed E-state index contributed by atoms with van der Waals surface area (Å²) in [5, 5.41) is 13.1. The maximum absolute atomic E-state index is 9.50. The topological polar surface area (TPSA) is 45.0 Å². The van der Waals surface area contributed by atoms with E-state index in [0.29, 0.717) is 12.1 Å². The standard InChI is InChI=1S/C16H22N2O/c1-3-14(11-19-2)18-15-9-16(10-15,12-17)13-7-5-4-6-8-13/h4-8,14-15,18H,3,9-11H2,1-2H3. The average molecular weight is 258 g/mol. The minimum absolute atomic E-state index is 0.287. The molecule has 1 aliphatic rings. The highest BCUT2D eigenvalue weighted by Gasteiger charge is 2.46. The Balaban J connectivity index is 1.95. The third-order valence-electron chi connectivity index (χ3n) is 4.06. The molecule has 3 heteroatoms. The van der Waals surface area contributed by atoms with Gasteiger partial charge in [0.2, 0.25) is 0 Å². The van der Waals surface area contributed by atoms with Crippen molar-refractivity contribution >= 4 is 0 Å². The van der Waals surface area contributed by atoms with Gasteiger partial charge in [0.25, 0.3) is 0 Å². The molecule has 3 nitrogen and oxygen atoms in total. The van der Waals surface area contributed by atoms with Crippen molar-refractivity contribution in [2.75, 3.05) is 13.7 Å². The van der Waals surface area contributed by atoms with Crippen LogP contribution in [-0.4, -0.2) is 25.8 Å². The quantitative estimate of drug-likeness (QED) is 0.853. The number of nitrogens with zero attached hydrogens (tertiary/aromatic N) is 1. The van der Waals surface area contributed by atoms with E-state index in [1.165, 1.54) is 0 Å². The summed E-state index contributed by atoms with van der Waals surface area (Å²) in [6.45, 7) is 2.89. The van der Waals surface area contributed by atoms with E-state index >= 15 is 0 Å². The normalized spacial score (nSPS) is 27.3. The summed E-state index contributed by atoms with van der Waals surface area (Å²) in [6, 6.07) is 13.5. The van der Waals surface area contributed by atoms with Gasteiger partial charge in [-0.1, -0.05) is 37.3 Å². The number of hydrogen-bond acceptors (Lipinski definition) is 3. The molecule has 0 heterocycles. The van der Waals surface area contributed by atoms with Crippen molar-refractivity contribution in [2.24, 2.45) is 0 Å². The maximum Gasteiger partial charge on any atom is 0.0852 e. The second-order valence-corrected chi connectivity index (χ2v) is 5.39. The molecule has 1 aliphatic carbocycles. The number of nitriles is 1. The van der Waals surface area contributed by atoms with E-state index in [4.69, 9.17) is 4.74 Å². The van der Waals surface area contributed by atoms with E-state index in [0.717, 1.165) is 31.4 Å². The van der Waals surface area contributed by atoms with Gasteiger partial charge in [0.15, 0.2) is 0 Å². The van der Waals surface area contributed by atoms with Gasteiger partial charge >= 0.3 is 0 Å². The molecule has 19 heavy (non-hydrogen) atoms. The monoisotopic (exact) mass is 258 g/mol. The molecular formula is C16H22N2O. The summed E-state index contributed by atoms with van der Waals surface area (Å²) in [7, 11) is 1.73. The SMILES string of the molecule is CCC(COC)NC1CC(C#N)(c2ccccc2)C1. The average Bonchev–Trinajstić information content (AvgIpc) is 2.42. The lowest BCUT2D eigenvalue weighted by atomic mass is 9.62. The van der Waals surface area contributed by atoms with E-state index < -0.39 is 0 Å². The van der Waals surface area contributed by atoms with Crippen LogP contribution in [0, 0.1) is 11.3 Å². The van der Waals surface area contributed by atoms with Gasteiger partial charge in [0, 0.05) is 19.2 Å². The van der Waals surface area contributed by atoms with E-state index in [2.05, 4.69) is 30.4 Å². The Kier molecular flexibility index (Phi) is 4.57. The molecule has 1 atom stereocenters. The van der Waals surface area contributed by atoms with Gasteiger partial charge in [-0.3, -0.25) is 0 Å². The zero-order valence-corrected chi connectivity index (χ0v) is 11.7. The lowest BCUT2D eigenvalue weighted by Gasteiger charge is -2.44. The van der Waals surface area contributed by atoms with Crippen LogP contribution in [0.15, 0.2) is 30.3 Å². The Morgan fingerprint density at radius 1 is 1.42 bits per heavy atom. The molecule has 102 valence electrons. The lowest BCUT2D eigenvalue weighted by Crippen LogP contribution is -2.54. The van der Waals surface area contributed by atoms with Crippen molar-refractivity contribution in [1.82, 2.24) is 5.32 Å². The number of nitrogens with one attached hydrogen (secondary N) is 1. The second kappa shape index (κ2) is 6.18. The van der Waals surface area contributed by atoms with E-state index in [1.54, 1.807) is 7.11 Å². The third kappa shape index (κ3) is 2.97. The fraction of sp³-hybridized carbons (Fsp3) is 0.562. The van der Waals surface area contributed by atoms with E-state index in [-0.39, 0.29) is 5.41 Å². The molecule has 1 aromatic carbocycles. The highest BCUT2D eigenvalue weighted by molar-refractivity contribution is 5.36. The summed E-state index contributed by atoms with van der Waals surface area (Å²) in [5.41, 5.74) is 0.861. The van der Waals surface area contributed by atoms with Crippen LogP contribution in [0.3, 0.4) is 0 Å². The highest BCUT2D eigenvalue weighted by Crippen LogP contribution is 2.43. The number of benzene rings is 1. The van der Waals surface area contributed by atoms with Crippen LogP contribution in [0.2, 0.25) is 0 Å². The predicted molar refractivity (Wildman–Crippen MR) is 75.8 cm³/mol. The number of rotatable bonds is 6. The Hall–Kier alpha value is -1.37. The molecule has 1 N–H and O–H groups in total. The van der Waals surface area contributed by atoms with Crippen LogP contribution in [0.5, 0.6) is 0 Å². The molecule has 0 amide bonds. The molecule has 1 saturated carbocycles. The summed E-state index contributed by atoms with van der Waals surface area (Å²) < 4.78 is 5.20. The molecule has 0 aromatic heterocycles. The van der Waals surface area contributed by atoms with Gasteiger partial charge in [-0.05, 0) is 24.8 Å². The van der Waals surface area contributed by atoms with Crippen molar-refractivity contribution in [3.05, 3.63) is 35.9 Å². The van der Waals surface area contributed by atoms with Gasteiger partial charge in [-0.25, -0.2) is 0 Å². The molecule has 1 fully saturated rings. The number of ether oxygens (including phenoxy) is 1. The maximum atomic E-state index is 9.50. The van der Waals surface area contributed by atoms with Crippen LogP contribution in [0.1, 0.15) is 31.7 Å². The van der Waals surface area contributed by atoms with Crippen molar-refractivity contribution in [3.8, 4) is 6.07 Å². The van der Waals surface area contributed by atoms with Crippen molar-refractivity contribution in [3.63, 3.8) is 0 Å². The lowest BCUT2D eigenvalue weighted by molar-refractivity contribution is 0.133. The van der Waals surface area contributed by atoms with Crippen molar-refractivity contribution in [1.29, 1.82) is 5.26 Å². The van der Waals surface area contributed by atoms with Crippen LogP contribution in [0.25, 0.3) is 0 Å². The molecule has 2 rings (SSSR count). The van der Waals surface area contributed by atoms with Gasteiger partial charge in [-0.15, -0.1) is 0 Å². The predicted octanol–water partition coefficient (Wildman–Crippen LogP) is 2.62. The molecule has 0 spiro atoms. The minimum atomic E-state index is -0.287. The molecule has 1 unspecified atom stereocenters. The Morgan fingerprint density at radius 3 is 2.63 bits per heavy atom. The first-order valence-corrected chi connectivity index (χ1v) is 6.96. The molecule has 0 radical (unpaired) electrons. The van der Waals surface area contributed by atoms with Gasteiger partial charge in [0.1, 0.15) is 0 Å². The summed E-state index contributed by atoms with van der Waals surface area (Å²) in [5.74, 6) is 0. The first-order chi connectivity index (χ1) is 9.24. The van der Waals surface area contributed by atoms with Crippen LogP contribution < -0.4 is 5.32 Å². The Labute approximate surface area is 115 Å². The zero-order chi connectivity index (χ0) is 13.7. The molecule has 0 bridgehead atoms. The molecular weight excluding hydrogens is 236 g/mol. The fourth-order valence-corrected chi connectivity index (χ4v) is 2.87. The smallest absolute Gasteiger partial charge is 0.0852 e. The molecule has 1 aromatic rings. The van der Waals surface area contributed by atoms with Crippen molar-refractivity contribution < 1.29 is 4.74 Å². The van der Waals surface area contributed by atoms with Crippen LogP contribution in [-0.2, 0) is 10.2 Å². The van der Waals surface area contributed by atoms with Crippen LogP contribution in [0.4, 0.5) is 0 Å². The van der Waals surface area contributed by atoms with Gasteiger partial charge in [0.05, 0.1) is 18.1 Å². The van der Waals surface area contributed by atoms with Gasteiger partial charge in [-0.2, -0.15) is 5.26 Å². The first kappa shape index (κ1) is 14.0. The third-order valence-corrected chi connectivity index (χ3v) is 4.06. The zero-order valence-electron chi connectivity index (χ0n) is 11.7. The largest absolute Gasteiger partial charge is 0.383 e. The summed E-state index contributed by atoms with van der Waals surface area (Å²) in [6.07, 6.45) is 2.84. The Bertz CT molecular complexity index is 432. The van der Waals surface area contributed by atoms with E-state index in [1.807, 2.05) is 18.2 Å². The highest BCUT2D eigenvalue weighted by atomic mass is 16.5.